The first-order chi connectivity index (χ1) is 10.5. The quantitative estimate of drug-likeness (QED) is 0.894. The highest BCUT2D eigenvalue weighted by molar-refractivity contribution is 6.36. The Hall–Kier alpha value is -2.60. The van der Waals surface area contributed by atoms with Gasteiger partial charge in [0.1, 0.15) is 18.0 Å². The van der Waals surface area contributed by atoms with Crippen molar-refractivity contribution in [3.8, 4) is 0 Å². The molecule has 7 heteroatoms. The summed E-state index contributed by atoms with van der Waals surface area (Å²) in [6, 6.07) is 11.0. The Morgan fingerprint density at radius 2 is 1.86 bits per heavy atom. The molecular formula is C15H11ClFNO4. The number of hydrogen-bond acceptors (Lipinski definition) is 3. The molecule has 0 radical (unpaired) electrons. The van der Waals surface area contributed by atoms with E-state index in [0.29, 0.717) is 0 Å². The third-order valence-corrected chi connectivity index (χ3v) is 3.15. The Morgan fingerprint density at radius 1 is 1.18 bits per heavy atom. The fourth-order valence-corrected chi connectivity index (χ4v) is 2.00. The van der Waals surface area contributed by atoms with Gasteiger partial charge in [-0.25, -0.2) is 14.0 Å². The normalized spacial score (nSPS) is 10.1. The van der Waals surface area contributed by atoms with Crippen LogP contribution in [-0.4, -0.2) is 17.2 Å². The number of carboxylic acids is 1. The summed E-state index contributed by atoms with van der Waals surface area (Å²) in [7, 11) is 0. The molecule has 0 saturated carbocycles. The van der Waals surface area contributed by atoms with Crippen molar-refractivity contribution in [3.05, 3.63) is 64.4 Å². The van der Waals surface area contributed by atoms with Gasteiger partial charge in [0, 0.05) is 0 Å². The fourth-order valence-electron chi connectivity index (χ4n) is 1.71. The third kappa shape index (κ3) is 3.73. The molecule has 114 valence electrons. The van der Waals surface area contributed by atoms with Crippen LogP contribution < -0.4 is 5.32 Å². The van der Waals surface area contributed by atoms with Gasteiger partial charge in [0.05, 0.1) is 10.7 Å². The third-order valence-electron chi connectivity index (χ3n) is 2.75. The monoisotopic (exact) mass is 323 g/mol. The number of rotatable bonds is 4. The zero-order chi connectivity index (χ0) is 16.1. The number of hydrogen-bond donors (Lipinski definition) is 2. The first kappa shape index (κ1) is 15.8. The molecule has 0 aliphatic heterocycles. The summed E-state index contributed by atoms with van der Waals surface area (Å²) in [6.07, 6.45) is -0.825. The van der Waals surface area contributed by atoms with Crippen LogP contribution in [0.1, 0.15) is 15.9 Å². The summed E-state index contributed by atoms with van der Waals surface area (Å²) in [6.45, 7) is 0.0390. The average Bonchev–Trinajstić information content (AvgIpc) is 2.49. The highest BCUT2D eigenvalue weighted by Gasteiger charge is 2.19. The minimum absolute atomic E-state index is 0.0390. The lowest BCUT2D eigenvalue weighted by Gasteiger charge is -2.10. The number of nitrogens with one attached hydrogen (secondary N) is 1. The van der Waals surface area contributed by atoms with Crippen LogP contribution in [0, 0.1) is 5.82 Å². The van der Waals surface area contributed by atoms with E-state index in [1.807, 2.05) is 6.07 Å². The predicted octanol–water partition coefficient (Wildman–Crippen LogP) is 3.93. The molecule has 0 fully saturated rings. The van der Waals surface area contributed by atoms with Crippen molar-refractivity contribution in [2.75, 3.05) is 5.32 Å². The predicted molar refractivity (Wildman–Crippen MR) is 78.6 cm³/mol. The first-order valence-corrected chi connectivity index (χ1v) is 6.56. The molecule has 0 spiro atoms. The number of amides is 1. The lowest BCUT2D eigenvalue weighted by molar-refractivity contribution is 0.0692. The van der Waals surface area contributed by atoms with E-state index in [1.165, 1.54) is 0 Å². The molecule has 0 heterocycles. The summed E-state index contributed by atoms with van der Waals surface area (Å²) < 4.78 is 18.3. The molecule has 0 aromatic heterocycles. The van der Waals surface area contributed by atoms with Crippen molar-refractivity contribution in [2.45, 2.75) is 6.61 Å². The van der Waals surface area contributed by atoms with E-state index in [9.17, 15) is 14.0 Å². The van der Waals surface area contributed by atoms with Crippen LogP contribution in [0.5, 0.6) is 0 Å². The van der Waals surface area contributed by atoms with Crippen LogP contribution in [-0.2, 0) is 11.3 Å². The first-order valence-electron chi connectivity index (χ1n) is 6.18. The van der Waals surface area contributed by atoms with Gasteiger partial charge in [-0.05, 0) is 17.7 Å². The van der Waals surface area contributed by atoms with Crippen molar-refractivity contribution in [1.29, 1.82) is 0 Å². The van der Waals surface area contributed by atoms with Crippen molar-refractivity contribution in [1.82, 2.24) is 0 Å². The van der Waals surface area contributed by atoms with E-state index in [4.69, 9.17) is 21.4 Å². The van der Waals surface area contributed by atoms with Crippen LogP contribution in [0.25, 0.3) is 0 Å². The summed E-state index contributed by atoms with van der Waals surface area (Å²) in [5.41, 5.74) is 0.0372. The number of halogens is 2. The van der Waals surface area contributed by atoms with E-state index < -0.39 is 28.5 Å². The lowest BCUT2D eigenvalue weighted by Crippen LogP contribution is -2.15. The molecule has 0 aliphatic carbocycles. The number of ether oxygens (including phenoxy) is 1. The van der Waals surface area contributed by atoms with E-state index in [0.717, 1.165) is 17.7 Å². The molecule has 2 N–H and O–H groups in total. The Morgan fingerprint density at radius 3 is 2.50 bits per heavy atom. The Bertz CT molecular complexity index is 706. The van der Waals surface area contributed by atoms with Gasteiger partial charge in [0.25, 0.3) is 0 Å². The van der Waals surface area contributed by atoms with Crippen LogP contribution in [0.2, 0.25) is 5.02 Å². The zero-order valence-corrected chi connectivity index (χ0v) is 11.9. The van der Waals surface area contributed by atoms with Gasteiger partial charge in [0.15, 0.2) is 0 Å². The lowest BCUT2D eigenvalue weighted by atomic mass is 10.2. The van der Waals surface area contributed by atoms with Crippen LogP contribution in [0.15, 0.2) is 42.5 Å². The van der Waals surface area contributed by atoms with Crippen molar-refractivity contribution in [2.24, 2.45) is 0 Å². The molecular weight excluding hydrogens is 313 g/mol. The number of carbonyl (C=O) groups excluding carboxylic acids is 1. The van der Waals surface area contributed by atoms with Crippen molar-refractivity contribution >= 4 is 29.4 Å². The van der Waals surface area contributed by atoms with E-state index in [1.54, 1.807) is 24.3 Å². The molecule has 2 rings (SSSR count). The van der Waals surface area contributed by atoms with Crippen LogP contribution in [0.4, 0.5) is 14.9 Å². The molecule has 0 saturated heterocycles. The van der Waals surface area contributed by atoms with Crippen LogP contribution in [0.3, 0.4) is 0 Å². The molecule has 0 bridgehead atoms. The molecule has 2 aromatic rings. The highest BCUT2D eigenvalue weighted by atomic mass is 35.5. The number of carboxylic acid groups (broad SMARTS) is 1. The maximum Gasteiger partial charge on any atom is 0.412 e. The minimum atomic E-state index is -1.52. The SMILES string of the molecule is O=C(Nc1ccc(F)c(C(=O)O)c1Cl)OCc1ccccc1. The molecule has 0 unspecified atom stereocenters. The summed E-state index contributed by atoms with van der Waals surface area (Å²) in [5.74, 6) is -2.51. The molecule has 5 nitrogen and oxygen atoms in total. The van der Waals surface area contributed by atoms with E-state index >= 15 is 0 Å². The van der Waals surface area contributed by atoms with Gasteiger partial charge in [-0.1, -0.05) is 41.9 Å². The molecule has 1 amide bonds. The van der Waals surface area contributed by atoms with Gasteiger partial charge in [-0.2, -0.15) is 0 Å². The second kappa shape index (κ2) is 6.91. The summed E-state index contributed by atoms with van der Waals surface area (Å²) >= 11 is 5.78. The van der Waals surface area contributed by atoms with E-state index in [-0.39, 0.29) is 12.3 Å². The molecule has 0 atom stereocenters. The van der Waals surface area contributed by atoms with Gasteiger partial charge in [-0.15, -0.1) is 0 Å². The van der Waals surface area contributed by atoms with Gasteiger partial charge in [0.2, 0.25) is 0 Å². The second-order valence-corrected chi connectivity index (χ2v) is 4.65. The average molecular weight is 324 g/mol. The molecule has 0 aliphatic rings. The zero-order valence-electron chi connectivity index (χ0n) is 11.2. The summed E-state index contributed by atoms with van der Waals surface area (Å²) in [4.78, 5) is 22.6. The van der Waals surface area contributed by atoms with Crippen molar-refractivity contribution in [3.63, 3.8) is 0 Å². The van der Waals surface area contributed by atoms with Crippen molar-refractivity contribution < 1.29 is 23.8 Å². The number of carbonyl (C=O) groups is 2. The second-order valence-electron chi connectivity index (χ2n) is 4.28. The Kier molecular flexibility index (Phi) is 4.95. The molecule has 2 aromatic carbocycles. The number of anilines is 1. The smallest absolute Gasteiger partial charge is 0.412 e. The summed E-state index contributed by atoms with van der Waals surface area (Å²) in [5, 5.41) is 10.8. The number of benzene rings is 2. The number of aromatic carboxylic acids is 1. The maximum absolute atomic E-state index is 13.4. The van der Waals surface area contributed by atoms with Crippen LogP contribution >= 0.6 is 11.6 Å². The Labute approximate surface area is 130 Å². The highest BCUT2D eigenvalue weighted by Crippen LogP contribution is 2.28. The largest absolute Gasteiger partial charge is 0.478 e. The van der Waals surface area contributed by atoms with E-state index in [2.05, 4.69) is 5.32 Å². The minimum Gasteiger partial charge on any atom is -0.478 e. The topological polar surface area (TPSA) is 75.6 Å². The molecule has 22 heavy (non-hydrogen) atoms. The van der Waals surface area contributed by atoms with Gasteiger partial charge >= 0.3 is 12.1 Å². The standard InChI is InChI=1S/C15H11ClFNO4/c16-13-11(7-6-10(17)12(13)14(19)20)18-15(21)22-8-9-4-2-1-3-5-9/h1-7H,8H2,(H,18,21)(H,19,20). The Balaban J connectivity index is 2.06. The fraction of sp³-hybridized carbons (Fsp3) is 0.0667. The maximum atomic E-state index is 13.4. The van der Waals surface area contributed by atoms with Gasteiger partial charge in [-0.3, -0.25) is 5.32 Å². The van der Waals surface area contributed by atoms with Gasteiger partial charge < -0.3 is 9.84 Å².